The third-order valence-electron chi connectivity index (χ3n) is 3.96. The summed E-state index contributed by atoms with van der Waals surface area (Å²) in [6.45, 7) is 3.91. The lowest BCUT2D eigenvalue weighted by molar-refractivity contribution is 0.102. The fourth-order valence-electron chi connectivity index (χ4n) is 2.83. The Labute approximate surface area is 129 Å². The van der Waals surface area contributed by atoms with Crippen LogP contribution in [0, 0.1) is 13.8 Å². The Kier molecular flexibility index (Phi) is 3.60. The maximum Gasteiger partial charge on any atom is 0.194 e. The molecule has 2 nitrogen and oxygen atoms in total. The maximum absolute atomic E-state index is 12.8. The van der Waals surface area contributed by atoms with Crippen molar-refractivity contribution in [3.8, 4) is 0 Å². The fourth-order valence-corrected chi connectivity index (χ4v) is 2.83. The molecule has 0 aliphatic rings. The first-order valence-corrected chi connectivity index (χ1v) is 7.20. The second-order valence-corrected chi connectivity index (χ2v) is 5.51. The Morgan fingerprint density at radius 2 is 1.64 bits per heavy atom. The summed E-state index contributed by atoms with van der Waals surface area (Å²) in [5, 5.41) is 1.77. The van der Waals surface area contributed by atoms with Crippen molar-refractivity contribution in [1.29, 1.82) is 0 Å². The fraction of sp³-hybridized carbons (Fsp3) is 0.100. The number of fused-ring (bicyclic) bond motifs is 1. The minimum atomic E-state index is -0.106. The number of carbonyl (C=O) groups is 2. The Bertz CT molecular complexity index is 891. The highest BCUT2D eigenvalue weighted by Gasteiger charge is 2.17. The Morgan fingerprint density at radius 3 is 2.36 bits per heavy atom. The molecule has 3 rings (SSSR count). The van der Waals surface area contributed by atoms with Crippen molar-refractivity contribution >= 4 is 22.8 Å². The zero-order valence-electron chi connectivity index (χ0n) is 12.6. The van der Waals surface area contributed by atoms with Crippen molar-refractivity contribution in [2.24, 2.45) is 0 Å². The monoisotopic (exact) mass is 288 g/mol. The molecule has 108 valence electrons. The molecule has 3 aromatic carbocycles. The molecule has 0 saturated heterocycles. The van der Waals surface area contributed by atoms with Crippen LogP contribution in [0.4, 0.5) is 0 Å². The van der Waals surface area contributed by atoms with Crippen LogP contribution in [0.25, 0.3) is 10.8 Å². The van der Waals surface area contributed by atoms with Gasteiger partial charge in [-0.2, -0.15) is 0 Å². The molecule has 0 amide bonds. The largest absolute Gasteiger partial charge is 0.298 e. The zero-order valence-corrected chi connectivity index (χ0v) is 12.6. The number of rotatable bonds is 3. The van der Waals surface area contributed by atoms with Gasteiger partial charge in [0, 0.05) is 16.7 Å². The number of hydrogen-bond donors (Lipinski definition) is 0. The summed E-state index contributed by atoms with van der Waals surface area (Å²) in [4.78, 5) is 24.4. The number of hydrogen-bond acceptors (Lipinski definition) is 2. The molecule has 0 bridgehead atoms. The van der Waals surface area contributed by atoms with E-state index in [2.05, 4.69) is 0 Å². The van der Waals surface area contributed by atoms with Crippen molar-refractivity contribution in [3.05, 3.63) is 82.4 Å². The number of benzene rings is 3. The van der Waals surface area contributed by atoms with E-state index in [1.54, 1.807) is 6.07 Å². The summed E-state index contributed by atoms with van der Waals surface area (Å²) in [6.07, 6.45) is 0.777. The average Bonchev–Trinajstić information content (AvgIpc) is 2.53. The van der Waals surface area contributed by atoms with Crippen molar-refractivity contribution in [1.82, 2.24) is 0 Å². The third-order valence-corrected chi connectivity index (χ3v) is 3.96. The van der Waals surface area contributed by atoms with Gasteiger partial charge in [-0.3, -0.25) is 9.59 Å². The Balaban J connectivity index is 2.21. The summed E-state index contributed by atoms with van der Waals surface area (Å²) in [5.74, 6) is -0.106. The number of ketones is 1. The molecule has 0 radical (unpaired) electrons. The average molecular weight is 288 g/mol. The lowest BCUT2D eigenvalue weighted by Gasteiger charge is -2.10. The van der Waals surface area contributed by atoms with Crippen LogP contribution in [0.15, 0.2) is 54.6 Å². The number of aryl methyl sites for hydroxylation is 2. The van der Waals surface area contributed by atoms with Gasteiger partial charge in [0.2, 0.25) is 0 Å². The molecule has 0 aliphatic carbocycles. The van der Waals surface area contributed by atoms with Crippen molar-refractivity contribution in [3.63, 3.8) is 0 Å². The summed E-state index contributed by atoms with van der Waals surface area (Å²) in [7, 11) is 0. The van der Waals surface area contributed by atoms with E-state index in [4.69, 9.17) is 0 Å². The Morgan fingerprint density at radius 1 is 0.909 bits per heavy atom. The molecule has 3 aromatic rings. The minimum Gasteiger partial charge on any atom is -0.298 e. The van der Waals surface area contributed by atoms with Gasteiger partial charge in [-0.05, 0) is 36.2 Å². The van der Waals surface area contributed by atoms with Crippen molar-refractivity contribution < 1.29 is 9.59 Å². The van der Waals surface area contributed by atoms with E-state index in [-0.39, 0.29) is 5.78 Å². The molecule has 0 aromatic heterocycles. The van der Waals surface area contributed by atoms with Gasteiger partial charge in [-0.15, -0.1) is 0 Å². The number of carbonyl (C=O) groups excluding carboxylic acids is 2. The van der Waals surface area contributed by atoms with Crippen LogP contribution in [0.5, 0.6) is 0 Å². The zero-order chi connectivity index (χ0) is 15.7. The SMILES string of the molecule is Cc1ccc(C(=O)c2ccc3ccccc3c2C=O)c(C)c1. The molecule has 0 saturated carbocycles. The van der Waals surface area contributed by atoms with E-state index >= 15 is 0 Å². The van der Waals surface area contributed by atoms with Crippen molar-refractivity contribution in [2.45, 2.75) is 13.8 Å². The molecule has 0 heterocycles. The molecule has 0 fully saturated rings. The molecule has 2 heteroatoms. The van der Waals surface area contributed by atoms with E-state index in [1.807, 2.05) is 62.4 Å². The standard InChI is InChI=1S/C20H16O2/c1-13-7-9-16(14(2)11-13)20(22)18-10-8-15-5-3-4-6-17(15)19(18)12-21/h3-12H,1-2H3. The summed E-state index contributed by atoms with van der Waals surface area (Å²) >= 11 is 0. The van der Waals surface area contributed by atoms with Crippen LogP contribution in [0.2, 0.25) is 0 Å². The Hall–Kier alpha value is -2.74. The van der Waals surface area contributed by atoms with E-state index in [0.717, 1.165) is 28.2 Å². The highest BCUT2D eigenvalue weighted by atomic mass is 16.1. The van der Waals surface area contributed by atoms with Crippen LogP contribution in [0.1, 0.15) is 37.4 Å². The van der Waals surface area contributed by atoms with Gasteiger partial charge in [-0.1, -0.05) is 54.1 Å². The number of aldehydes is 1. The molecule has 22 heavy (non-hydrogen) atoms. The molecule has 0 atom stereocenters. The van der Waals surface area contributed by atoms with Gasteiger partial charge in [0.25, 0.3) is 0 Å². The summed E-state index contributed by atoms with van der Waals surface area (Å²) < 4.78 is 0. The first-order valence-electron chi connectivity index (χ1n) is 7.20. The van der Waals surface area contributed by atoms with Crippen LogP contribution in [-0.2, 0) is 0 Å². The van der Waals surface area contributed by atoms with E-state index in [9.17, 15) is 9.59 Å². The van der Waals surface area contributed by atoms with Gasteiger partial charge >= 0.3 is 0 Å². The molecule has 0 spiro atoms. The van der Waals surface area contributed by atoms with E-state index in [1.165, 1.54) is 0 Å². The van der Waals surface area contributed by atoms with Gasteiger partial charge < -0.3 is 0 Å². The minimum absolute atomic E-state index is 0.106. The smallest absolute Gasteiger partial charge is 0.194 e. The topological polar surface area (TPSA) is 34.1 Å². The third kappa shape index (κ3) is 2.33. The predicted molar refractivity (Wildman–Crippen MR) is 88.7 cm³/mol. The van der Waals surface area contributed by atoms with Gasteiger partial charge in [0.05, 0.1) is 0 Å². The summed E-state index contributed by atoms with van der Waals surface area (Å²) in [5.41, 5.74) is 3.60. The van der Waals surface area contributed by atoms with Gasteiger partial charge in [-0.25, -0.2) is 0 Å². The second-order valence-electron chi connectivity index (χ2n) is 5.51. The second kappa shape index (κ2) is 5.57. The lowest BCUT2D eigenvalue weighted by atomic mass is 9.92. The van der Waals surface area contributed by atoms with E-state index < -0.39 is 0 Å². The van der Waals surface area contributed by atoms with Gasteiger partial charge in [0.1, 0.15) is 0 Å². The van der Waals surface area contributed by atoms with Crippen LogP contribution >= 0.6 is 0 Å². The van der Waals surface area contributed by atoms with Crippen LogP contribution in [-0.4, -0.2) is 12.1 Å². The highest BCUT2D eigenvalue weighted by molar-refractivity contribution is 6.17. The highest BCUT2D eigenvalue weighted by Crippen LogP contribution is 2.24. The van der Waals surface area contributed by atoms with E-state index in [0.29, 0.717) is 16.7 Å². The first kappa shape index (κ1) is 14.2. The molecule has 0 aliphatic heterocycles. The summed E-state index contributed by atoms with van der Waals surface area (Å²) in [6, 6.07) is 17.0. The molecule has 0 N–H and O–H groups in total. The normalized spacial score (nSPS) is 10.6. The maximum atomic E-state index is 12.8. The van der Waals surface area contributed by atoms with Crippen LogP contribution in [0.3, 0.4) is 0 Å². The van der Waals surface area contributed by atoms with Crippen molar-refractivity contribution in [2.75, 3.05) is 0 Å². The quantitative estimate of drug-likeness (QED) is 0.525. The molecular weight excluding hydrogens is 272 g/mol. The predicted octanol–water partition coefficient (Wildman–Crippen LogP) is 4.50. The van der Waals surface area contributed by atoms with Crippen LogP contribution < -0.4 is 0 Å². The molecular formula is C20H16O2. The molecule has 0 unspecified atom stereocenters. The van der Waals surface area contributed by atoms with Gasteiger partial charge in [0.15, 0.2) is 12.1 Å². The lowest BCUT2D eigenvalue weighted by Crippen LogP contribution is -2.07. The first-order chi connectivity index (χ1) is 10.6.